The Morgan fingerprint density at radius 3 is 2.93 bits per heavy atom. The van der Waals surface area contributed by atoms with Gasteiger partial charge in [-0.3, -0.25) is 4.79 Å². The number of nitrogens with one attached hydrogen (secondary N) is 2. The van der Waals surface area contributed by atoms with Crippen LogP contribution in [0.4, 0.5) is 0 Å². The molecule has 3 rings (SSSR count). The van der Waals surface area contributed by atoms with Crippen LogP contribution >= 0.6 is 0 Å². The summed E-state index contributed by atoms with van der Waals surface area (Å²) in [6.07, 6.45) is 7.01. The van der Waals surface area contributed by atoms with Crippen LogP contribution < -0.4 is 10.0 Å². The molecule has 0 aromatic carbocycles. The second-order valence-corrected chi connectivity index (χ2v) is 9.11. The third kappa shape index (κ3) is 5.30. The molecule has 28 heavy (non-hydrogen) atoms. The maximum absolute atomic E-state index is 12.7. The lowest BCUT2D eigenvalue weighted by Crippen LogP contribution is -2.49. The van der Waals surface area contributed by atoms with Gasteiger partial charge in [-0.15, -0.1) is 0 Å². The molecule has 0 unspecified atom stereocenters. The summed E-state index contributed by atoms with van der Waals surface area (Å²) in [6.45, 7) is 2.98. The van der Waals surface area contributed by atoms with Gasteiger partial charge in [-0.2, -0.15) is 5.10 Å². The number of carbonyl (C=O) groups excluding carboxylic acids is 1. The Morgan fingerprint density at radius 1 is 1.36 bits per heavy atom. The number of fused-ring (bicyclic) bond motifs is 1. The van der Waals surface area contributed by atoms with E-state index in [4.69, 9.17) is 4.74 Å². The van der Waals surface area contributed by atoms with Gasteiger partial charge in [-0.05, 0) is 43.4 Å². The molecule has 2 heterocycles. The number of amides is 1. The van der Waals surface area contributed by atoms with Crippen LogP contribution in [0.3, 0.4) is 0 Å². The molecule has 2 aromatic heterocycles. The highest BCUT2D eigenvalue weighted by atomic mass is 32.2. The number of rotatable bonds is 8. The number of carbonyl (C=O) groups is 1. The molecule has 0 spiro atoms. The summed E-state index contributed by atoms with van der Waals surface area (Å²) in [7, 11) is -3.32. The van der Waals surface area contributed by atoms with Crippen molar-refractivity contribution in [3.05, 3.63) is 36.2 Å². The number of hydrogen-bond acceptors (Lipinski definition) is 5. The fraction of sp³-hybridized carbons (Fsp3) is 0.579. The van der Waals surface area contributed by atoms with E-state index in [2.05, 4.69) is 15.1 Å². The molecule has 1 amide bonds. The summed E-state index contributed by atoms with van der Waals surface area (Å²) < 4.78 is 33.5. The Hall–Kier alpha value is -1.97. The molecule has 0 aliphatic heterocycles. The first-order valence-corrected chi connectivity index (χ1v) is 11.5. The molecule has 2 N–H and O–H groups in total. The van der Waals surface area contributed by atoms with E-state index in [9.17, 15) is 13.2 Å². The number of aromatic nitrogens is 2. The number of hydrogen-bond donors (Lipinski definition) is 2. The molecule has 1 saturated carbocycles. The van der Waals surface area contributed by atoms with Gasteiger partial charge >= 0.3 is 0 Å². The van der Waals surface area contributed by atoms with Gasteiger partial charge in [0.1, 0.15) is 0 Å². The van der Waals surface area contributed by atoms with Crippen molar-refractivity contribution in [3.63, 3.8) is 0 Å². The summed E-state index contributed by atoms with van der Waals surface area (Å²) >= 11 is 0. The van der Waals surface area contributed by atoms with E-state index in [-0.39, 0.29) is 24.0 Å². The van der Waals surface area contributed by atoms with Crippen LogP contribution in [-0.4, -0.2) is 48.9 Å². The fourth-order valence-corrected chi connectivity index (χ4v) is 4.54. The topological polar surface area (TPSA) is 102 Å². The average molecular weight is 409 g/mol. The zero-order valence-corrected chi connectivity index (χ0v) is 17.1. The van der Waals surface area contributed by atoms with E-state index in [0.29, 0.717) is 32.4 Å². The maximum Gasteiger partial charge on any atom is 0.223 e. The highest BCUT2D eigenvalue weighted by molar-refractivity contribution is 7.88. The van der Waals surface area contributed by atoms with Crippen LogP contribution in [-0.2, 0) is 26.1 Å². The van der Waals surface area contributed by atoms with Crippen molar-refractivity contribution in [2.45, 2.75) is 51.3 Å². The van der Waals surface area contributed by atoms with Crippen molar-refractivity contribution in [2.24, 2.45) is 5.92 Å². The third-order valence-electron chi connectivity index (χ3n) is 5.04. The Labute approximate surface area is 165 Å². The quantitative estimate of drug-likeness (QED) is 0.689. The van der Waals surface area contributed by atoms with Crippen molar-refractivity contribution >= 4 is 21.4 Å². The van der Waals surface area contributed by atoms with Crippen molar-refractivity contribution in [3.8, 4) is 0 Å². The summed E-state index contributed by atoms with van der Waals surface area (Å²) in [5, 5.41) is 7.22. The van der Waals surface area contributed by atoms with Gasteiger partial charge in [0.2, 0.25) is 15.9 Å². The molecule has 1 fully saturated rings. The highest BCUT2D eigenvalue weighted by Crippen LogP contribution is 2.28. The fourth-order valence-electron chi connectivity index (χ4n) is 3.72. The summed E-state index contributed by atoms with van der Waals surface area (Å²) in [5.74, 6) is -0.214. The van der Waals surface area contributed by atoms with Gasteiger partial charge in [-0.1, -0.05) is 13.0 Å². The molecular weight excluding hydrogens is 380 g/mol. The zero-order chi connectivity index (χ0) is 20.1. The molecule has 2 aromatic rings. The van der Waals surface area contributed by atoms with Crippen molar-refractivity contribution in [1.29, 1.82) is 0 Å². The maximum atomic E-state index is 12.7. The first kappa shape index (κ1) is 20.8. The summed E-state index contributed by atoms with van der Waals surface area (Å²) in [6, 6.07) is 5.50. The van der Waals surface area contributed by atoms with E-state index < -0.39 is 10.0 Å². The molecule has 154 valence electrons. The lowest BCUT2D eigenvalue weighted by atomic mass is 9.83. The highest BCUT2D eigenvalue weighted by Gasteiger charge is 2.35. The Morgan fingerprint density at radius 2 is 2.18 bits per heavy atom. The molecule has 8 nitrogen and oxygen atoms in total. The van der Waals surface area contributed by atoms with E-state index in [0.717, 1.165) is 23.8 Å². The van der Waals surface area contributed by atoms with Crippen LogP contribution in [0.2, 0.25) is 0 Å². The first-order chi connectivity index (χ1) is 13.4. The minimum absolute atomic E-state index is 0.0237. The van der Waals surface area contributed by atoms with Gasteiger partial charge in [0.25, 0.3) is 0 Å². The number of ether oxygens (including phenoxy) is 1. The Kier molecular flexibility index (Phi) is 6.69. The zero-order valence-electron chi connectivity index (χ0n) is 16.3. The van der Waals surface area contributed by atoms with Gasteiger partial charge < -0.3 is 10.1 Å². The second kappa shape index (κ2) is 9.02. The number of sulfonamides is 1. The Bertz CT molecular complexity index is 912. The van der Waals surface area contributed by atoms with Crippen LogP contribution in [0.5, 0.6) is 0 Å². The van der Waals surface area contributed by atoms with Crippen LogP contribution in [0.1, 0.15) is 38.2 Å². The van der Waals surface area contributed by atoms with E-state index >= 15 is 0 Å². The molecular formula is C19H28N4O4S. The predicted octanol–water partition coefficient (Wildman–Crippen LogP) is 1.46. The molecule has 0 radical (unpaired) electrons. The summed E-state index contributed by atoms with van der Waals surface area (Å²) in [5.41, 5.74) is 1.97. The normalized spacial score (nSPS) is 23.0. The number of nitrogens with zero attached hydrogens (tertiary/aromatic N) is 2. The van der Waals surface area contributed by atoms with E-state index in [1.807, 2.05) is 31.3 Å². The minimum atomic E-state index is -3.32. The number of pyridine rings is 1. The molecule has 3 atom stereocenters. The molecule has 0 bridgehead atoms. The molecule has 1 aliphatic rings. The SMILES string of the molecule is CCCO[C@H]1C[C@@H](C(=O)NCc2cccn3nccc23)CC[C@@H]1NS(C)(=O)=O. The van der Waals surface area contributed by atoms with Gasteiger partial charge in [-0.25, -0.2) is 17.7 Å². The van der Waals surface area contributed by atoms with E-state index in [1.54, 1.807) is 10.7 Å². The molecule has 9 heteroatoms. The second-order valence-electron chi connectivity index (χ2n) is 7.33. The van der Waals surface area contributed by atoms with Gasteiger partial charge in [0.15, 0.2) is 0 Å². The van der Waals surface area contributed by atoms with Gasteiger partial charge in [0.05, 0.1) is 17.9 Å². The van der Waals surface area contributed by atoms with Crippen LogP contribution in [0.15, 0.2) is 30.6 Å². The lowest BCUT2D eigenvalue weighted by molar-refractivity contribution is -0.128. The van der Waals surface area contributed by atoms with Crippen molar-refractivity contribution in [2.75, 3.05) is 12.9 Å². The standard InChI is InChI=1S/C19H28N4O4S/c1-3-11-27-18-12-14(6-7-16(18)22-28(2,25)26)19(24)20-13-15-5-4-10-23-17(15)8-9-21-23/h4-5,8-10,14,16,18,22H,3,6-7,11-13H2,1-2H3,(H,20,24)/t14-,16-,18-/m0/s1. The third-order valence-corrected chi connectivity index (χ3v) is 5.77. The molecule has 1 aliphatic carbocycles. The van der Waals surface area contributed by atoms with Crippen molar-refractivity contribution in [1.82, 2.24) is 19.7 Å². The lowest BCUT2D eigenvalue weighted by Gasteiger charge is -2.35. The predicted molar refractivity (Wildman–Crippen MR) is 106 cm³/mol. The largest absolute Gasteiger partial charge is 0.377 e. The summed E-state index contributed by atoms with van der Waals surface area (Å²) in [4.78, 5) is 12.7. The monoisotopic (exact) mass is 408 g/mol. The minimum Gasteiger partial charge on any atom is -0.377 e. The van der Waals surface area contributed by atoms with Gasteiger partial charge in [0, 0.05) is 37.5 Å². The first-order valence-electron chi connectivity index (χ1n) is 9.65. The smallest absolute Gasteiger partial charge is 0.223 e. The molecule has 0 saturated heterocycles. The van der Waals surface area contributed by atoms with Crippen LogP contribution in [0, 0.1) is 5.92 Å². The van der Waals surface area contributed by atoms with E-state index in [1.165, 1.54) is 0 Å². The van der Waals surface area contributed by atoms with Crippen LogP contribution in [0.25, 0.3) is 5.52 Å². The Balaban J connectivity index is 1.61. The average Bonchev–Trinajstić information content (AvgIpc) is 3.13. The van der Waals surface area contributed by atoms with Crippen molar-refractivity contribution < 1.29 is 17.9 Å².